The van der Waals surface area contributed by atoms with Gasteiger partial charge < -0.3 is 58.9 Å². The Morgan fingerprint density at radius 2 is 0.848 bits per heavy atom. The molecule has 132 heavy (non-hydrogen) atoms. The lowest BCUT2D eigenvalue weighted by Gasteiger charge is -2.29. The number of ether oxygens (including phenoxy) is 7. The Bertz CT molecular complexity index is 5530. The predicted molar refractivity (Wildman–Crippen MR) is 561 cm³/mol. The number of nitrogens with two attached hydrogens (primary N) is 1. The Morgan fingerprint density at radius 1 is 0.492 bits per heavy atom. The van der Waals surface area contributed by atoms with E-state index >= 15 is 0 Å². The van der Waals surface area contributed by atoms with Crippen molar-refractivity contribution in [2.75, 3.05) is 91.3 Å². The zero-order valence-electron chi connectivity index (χ0n) is 74.6. The van der Waals surface area contributed by atoms with E-state index in [1.54, 1.807) is 85.1 Å². The van der Waals surface area contributed by atoms with E-state index < -0.39 is 58.6 Å². The summed E-state index contributed by atoms with van der Waals surface area (Å²) < 4.78 is 62.1. The predicted octanol–water partition coefficient (Wildman–Crippen LogP) is 22.2. The van der Waals surface area contributed by atoms with Gasteiger partial charge in [0.25, 0.3) is 11.6 Å². The van der Waals surface area contributed by atoms with Gasteiger partial charge in [-0.2, -0.15) is 0 Å². The second kappa shape index (κ2) is 56.8. The minimum Gasteiger partial charge on any atom is -0.465 e. The molecule has 0 atom stereocenters. The molecule has 6 aromatic carbocycles. The Labute approximate surface area is 868 Å². The van der Waals surface area contributed by atoms with E-state index in [2.05, 4.69) is 255 Å². The van der Waals surface area contributed by atoms with Crippen molar-refractivity contribution in [2.24, 2.45) is 0 Å². The normalized spacial score (nSPS) is 13.6. The van der Waals surface area contributed by atoms with Gasteiger partial charge in [-0.1, -0.05) is 65.3 Å². The summed E-state index contributed by atoms with van der Waals surface area (Å²) in [5.74, 6) is -6.40. The highest BCUT2D eigenvalue weighted by Crippen LogP contribution is 2.61. The molecule has 8 aromatic rings. The lowest BCUT2D eigenvalue weighted by molar-refractivity contribution is -0.231. The Kier molecular flexibility index (Phi) is 49.8. The van der Waals surface area contributed by atoms with Gasteiger partial charge in [-0.25, -0.2) is 28.4 Å². The number of allylic oxidation sites excluding steroid dienone is 4. The van der Waals surface area contributed by atoms with Gasteiger partial charge in [0, 0.05) is 131 Å². The van der Waals surface area contributed by atoms with E-state index in [1.807, 2.05) is 36.4 Å². The largest absolute Gasteiger partial charge is 0.465 e. The van der Waals surface area contributed by atoms with E-state index in [-0.39, 0.29) is 52.3 Å². The number of Topliss-reactive ketones (excluding diaryl/α,β-unsaturated/α-hetero) is 3. The number of carbonyl (C=O) groups excluding carboxylic acids is 12. The molecular formula is C93H101Cl4FI6N7O20P. The first kappa shape index (κ1) is 116. The van der Waals surface area contributed by atoms with E-state index in [0.29, 0.717) is 98.3 Å². The number of fused-ring (bicyclic) bond motifs is 4. The molecule has 0 saturated carbocycles. The van der Waals surface area contributed by atoms with Gasteiger partial charge in [-0.3, -0.25) is 48.1 Å². The quantitative estimate of drug-likeness (QED) is 0.00585. The molecule has 0 unspecified atom stereocenters. The number of pyridine rings is 2. The highest BCUT2D eigenvalue weighted by molar-refractivity contribution is 14.1. The van der Waals surface area contributed by atoms with Crippen LogP contribution in [-0.2, 0) is 69.7 Å². The fraction of sp³-hybridized carbons (Fsp3) is 0.355. The van der Waals surface area contributed by atoms with Crippen molar-refractivity contribution in [3.05, 3.63) is 233 Å². The lowest BCUT2D eigenvalue weighted by atomic mass is 9.89. The summed E-state index contributed by atoms with van der Waals surface area (Å²) in [6.07, 6.45) is 16.1. The standard InChI is InChI=1S/C18H22INO2.C17H20ClIN2O.C17H20FIN2O.C15H14INO6.C12H9IO3.C8H8INO2.C6H8O4.Cl3OP/c1-3-20(4-2)10-6-9-18(22)16-12-13(19)11-15-14(16)7-5-8-17(15)21;2*1-3-21(4-2)9-5-6-16(22)14-11-12(19)10-13-15(18)7-8-20-17(13)14;1-15(2)22-13(19)10(14(20)23-15)7-17-11-5-4-8(16)6-9(11)12(18)21-3;1-16-12(15)10-6-7(13)5-9-8(10)3-2-4-11(9)14;1-12-8(11)6-4-5(9)2-3-7(6)10;1-6(2)9-4(7)3-5(8)10-6;1-5(2,3)4/h5,8,11-12H,3-4,6-7,9-10H2,1-2H3;2*7-8,10-11H,3-6,9H2,1-2H3;4-7,17H,1-3H3;2,4-6H,3H2,1H3;2-4H,10H2,1H3;3H2,1-2H3;. The molecule has 0 bridgehead atoms. The van der Waals surface area contributed by atoms with Crippen molar-refractivity contribution in [3.8, 4) is 0 Å². The molecule has 0 amide bonds. The number of nitrogens with one attached hydrogen (secondary N) is 1. The third-order valence-electron chi connectivity index (χ3n) is 19.6. The SMILES string of the molecule is CC1(C)OC(=O)CC(=O)O1.CCN(CC)CCCC(=O)c1cc(I)cc2c(Cl)ccnc12.CCN(CC)CCCC(=O)c1cc(I)cc2c(F)ccnc12.CCN(CC)CCCC(=O)c1cc(I)cc2c1CC=CC2=O.COC(=O)c1cc(I)cc2c1CC=CC2=O.COC(=O)c1cc(I)ccc1N.COC(=O)c1cc(I)ccc1NC=C1C(=O)OC(C)(C)OC1=O.O=P(Cl)(Cl)Cl. The summed E-state index contributed by atoms with van der Waals surface area (Å²) >= 11 is 32.8. The summed E-state index contributed by atoms with van der Waals surface area (Å²) in [5.41, 5.74) is 13.4. The molecule has 710 valence electrons. The number of hydrogen-bond donors (Lipinski definition) is 2. The smallest absolute Gasteiger partial charge is 0.350 e. The highest BCUT2D eigenvalue weighted by atomic mass is 127. The molecule has 2 fully saturated rings. The first-order chi connectivity index (χ1) is 62.2. The average Bonchev–Trinajstić information content (AvgIpc) is 0.797. The number of nitrogens with zero attached hydrogens (tertiary/aromatic N) is 5. The number of halogens is 11. The average molecular weight is 2590 g/mol. The maximum absolute atomic E-state index is 13.9. The number of carbonyl (C=O) groups is 12. The van der Waals surface area contributed by atoms with Crippen LogP contribution in [0.5, 0.6) is 0 Å². The van der Waals surface area contributed by atoms with Crippen LogP contribution in [0.2, 0.25) is 5.02 Å². The number of cyclic esters (lactones) is 4. The van der Waals surface area contributed by atoms with Gasteiger partial charge >= 0.3 is 47.0 Å². The van der Waals surface area contributed by atoms with Crippen molar-refractivity contribution in [1.82, 2.24) is 24.7 Å². The number of hydrogen-bond acceptors (Lipinski definition) is 27. The first-order valence-electron chi connectivity index (χ1n) is 41.2. The van der Waals surface area contributed by atoms with Crippen LogP contribution in [0.1, 0.15) is 208 Å². The Morgan fingerprint density at radius 3 is 1.29 bits per heavy atom. The number of esters is 7. The van der Waals surface area contributed by atoms with E-state index in [9.17, 15) is 66.5 Å². The monoisotopic (exact) mass is 2590 g/mol. The number of aromatic nitrogens is 2. The van der Waals surface area contributed by atoms with Gasteiger partial charge in [-0.15, -0.1) is 0 Å². The third-order valence-corrected chi connectivity index (χ3v) is 23.7. The number of ketones is 5. The van der Waals surface area contributed by atoms with Gasteiger partial charge in [0.15, 0.2) is 34.5 Å². The third kappa shape index (κ3) is 37.9. The molecule has 27 nitrogen and oxygen atoms in total. The summed E-state index contributed by atoms with van der Waals surface area (Å²) in [4.78, 5) is 156. The van der Waals surface area contributed by atoms with E-state index in [1.165, 1.54) is 61.3 Å². The maximum Gasteiger partial charge on any atom is 0.350 e. The minimum absolute atomic E-state index is 0.0111. The van der Waals surface area contributed by atoms with E-state index in [4.69, 9.17) is 36.3 Å². The van der Waals surface area contributed by atoms with Crippen LogP contribution in [0.15, 0.2) is 146 Å². The minimum atomic E-state index is -3.22. The molecular weight excluding hydrogens is 2490 g/mol. The molecule has 2 aliphatic heterocycles. The summed E-state index contributed by atoms with van der Waals surface area (Å²) in [7, 11) is 3.94. The Hall–Kier alpha value is -6.82. The molecule has 3 N–H and O–H groups in total. The molecule has 2 saturated heterocycles. The van der Waals surface area contributed by atoms with Crippen molar-refractivity contribution < 1.29 is 99.6 Å². The van der Waals surface area contributed by atoms with Crippen LogP contribution < -0.4 is 11.1 Å². The van der Waals surface area contributed by atoms with Crippen molar-refractivity contribution in [1.29, 1.82) is 0 Å². The Balaban J connectivity index is 0.000000274. The summed E-state index contributed by atoms with van der Waals surface area (Å²) in [5, 5.41) is 1.43. The molecule has 0 radical (unpaired) electrons. The fourth-order valence-electron chi connectivity index (χ4n) is 13.1. The molecule has 4 heterocycles. The van der Waals surface area contributed by atoms with Gasteiger partial charge in [0.2, 0.25) is 0 Å². The molecule has 4 aliphatic rings. The van der Waals surface area contributed by atoms with Gasteiger partial charge in [0.1, 0.15) is 12.2 Å². The van der Waals surface area contributed by atoms with Crippen LogP contribution in [0, 0.1) is 27.2 Å². The summed E-state index contributed by atoms with van der Waals surface area (Å²) in [6, 6.07) is 28.1. The molecule has 2 aromatic heterocycles. The van der Waals surface area contributed by atoms with Crippen molar-refractivity contribution in [3.63, 3.8) is 0 Å². The molecule has 12 rings (SSSR count). The van der Waals surface area contributed by atoms with Crippen molar-refractivity contribution in [2.45, 2.75) is 139 Å². The zero-order chi connectivity index (χ0) is 98.7. The number of nitrogen functional groups attached to an aromatic ring is 1. The number of rotatable bonds is 26. The van der Waals surface area contributed by atoms with Gasteiger partial charge in [0.05, 0.1) is 59.8 Å². The number of benzene rings is 6. The molecule has 39 heteroatoms. The van der Waals surface area contributed by atoms with Crippen LogP contribution in [0.25, 0.3) is 21.8 Å². The second-order valence-electron chi connectivity index (χ2n) is 29.5. The first-order valence-corrected chi connectivity index (χ1v) is 52.4. The van der Waals surface area contributed by atoms with Crippen LogP contribution in [0.4, 0.5) is 15.8 Å². The van der Waals surface area contributed by atoms with Crippen LogP contribution in [0.3, 0.4) is 0 Å². The summed E-state index contributed by atoms with van der Waals surface area (Å²) in [6.45, 7) is 27.6. The fourth-order valence-corrected chi connectivity index (χ4v) is 16.8. The lowest BCUT2D eigenvalue weighted by Crippen LogP contribution is -2.42. The number of anilines is 2. The second-order valence-corrected chi connectivity index (χ2v) is 44.1. The van der Waals surface area contributed by atoms with Crippen LogP contribution in [-0.4, -0.2) is 187 Å². The number of methoxy groups -OCH3 is 3. The van der Waals surface area contributed by atoms with E-state index in [0.717, 1.165) is 128 Å². The van der Waals surface area contributed by atoms with Crippen molar-refractivity contribution >= 4 is 290 Å². The maximum atomic E-state index is 13.9. The van der Waals surface area contributed by atoms with Gasteiger partial charge in [-0.05, 0) is 381 Å². The highest BCUT2D eigenvalue weighted by Gasteiger charge is 2.39. The molecule has 0 spiro atoms. The molecule has 2 aliphatic carbocycles. The van der Waals surface area contributed by atoms with Crippen LogP contribution >= 0.6 is 186 Å². The topological polar surface area (TPSA) is 360 Å². The zero-order valence-corrected chi connectivity index (χ0v) is 91.5.